The van der Waals surface area contributed by atoms with Crippen LogP contribution in [0.4, 0.5) is 0 Å². The first-order valence-electron chi connectivity index (χ1n) is 5.50. The second kappa shape index (κ2) is 7.46. The fraction of sp³-hybridized carbons (Fsp3) is 0.273. The zero-order valence-electron chi connectivity index (χ0n) is 10.5. The molecule has 0 amide bonds. The fourth-order valence-electron chi connectivity index (χ4n) is 1.29. The van der Waals surface area contributed by atoms with Gasteiger partial charge in [0.25, 0.3) is 9.05 Å². The van der Waals surface area contributed by atoms with Gasteiger partial charge in [-0.2, -0.15) is 11.8 Å². The molecule has 0 aliphatic rings. The SMILES string of the molecule is C=CCSCCNS(=O)(=O)c1cccc(S(=O)(=O)Cl)c1. The van der Waals surface area contributed by atoms with Gasteiger partial charge in [0.15, 0.2) is 0 Å². The highest BCUT2D eigenvalue weighted by Crippen LogP contribution is 2.18. The third-order valence-electron chi connectivity index (χ3n) is 2.17. The van der Waals surface area contributed by atoms with E-state index in [-0.39, 0.29) is 16.3 Å². The second-order valence-corrected chi connectivity index (χ2v) is 9.16. The van der Waals surface area contributed by atoms with Gasteiger partial charge in [-0.3, -0.25) is 0 Å². The normalized spacial score (nSPS) is 12.2. The van der Waals surface area contributed by atoms with E-state index in [0.29, 0.717) is 5.75 Å². The van der Waals surface area contributed by atoms with Gasteiger partial charge in [-0.1, -0.05) is 12.1 Å². The molecular weight excluding hydrogens is 342 g/mol. The van der Waals surface area contributed by atoms with Crippen LogP contribution in [0.1, 0.15) is 0 Å². The second-order valence-electron chi connectivity index (χ2n) is 3.67. The topological polar surface area (TPSA) is 80.3 Å². The highest BCUT2D eigenvalue weighted by Gasteiger charge is 2.17. The third kappa shape index (κ3) is 5.45. The standard InChI is InChI=1S/C11H14ClNO4S3/c1-2-7-18-8-6-13-20(16,17)11-5-3-4-10(9-11)19(12,14)15/h2-5,9,13H,1,6-8H2. The van der Waals surface area contributed by atoms with E-state index in [1.165, 1.54) is 30.0 Å². The number of benzene rings is 1. The van der Waals surface area contributed by atoms with E-state index in [0.717, 1.165) is 11.8 Å². The van der Waals surface area contributed by atoms with Crippen molar-refractivity contribution in [3.63, 3.8) is 0 Å². The minimum atomic E-state index is -3.95. The van der Waals surface area contributed by atoms with Crippen LogP contribution >= 0.6 is 22.4 Å². The smallest absolute Gasteiger partial charge is 0.210 e. The molecule has 9 heteroatoms. The van der Waals surface area contributed by atoms with Crippen molar-refractivity contribution in [3.05, 3.63) is 36.9 Å². The van der Waals surface area contributed by atoms with Crippen LogP contribution in [0.15, 0.2) is 46.7 Å². The van der Waals surface area contributed by atoms with Gasteiger partial charge in [-0.15, -0.1) is 6.58 Å². The summed E-state index contributed by atoms with van der Waals surface area (Å²) in [6.45, 7) is 3.81. The first-order valence-corrected chi connectivity index (χ1v) is 10.4. The van der Waals surface area contributed by atoms with Crippen LogP contribution in [0.3, 0.4) is 0 Å². The van der Waals surface area contributed by atoms with Crippen LogP contribution in [0.2, 0.25) is 0 Å². The van der Waals surface area contributed by atoms with Gasteiger partial charge in [-0.25, -0.2) is 21.6 Å². The molecule has 0 aliphatic heterocycles. The fourth-order valence-corrected chi connectivity index (χ4v) is 3.95. The highest BCUT2D eigenvalue weighted by molar-refractivity contribution is 8.13. The molecule has 0 atom stereocenters. The number of nitrogens with one attached hydrogen (secondary N) is 1. The summed E-state index contributed by atoms with van der Waals surface area (Å²) in [6, 6.07) is 4.91. The largest absolute Gasteiger partial charge is 0.261 e. The molecule has 0 radical (unpaired) electrons. The predicted molar refractivity (Wildman–Crippen MR) is 82.2 cm³/mol. The van der Waals surface area contributed by atoms with E-state index in [1.807, 2.05) is 0 Å². The molecule has 20 heavy (non-hydrogen) atoms. The van der Waals surface area contributed by atoms with Crippen LogP contribution in [0.25, 0.3) is 0 Å². The Morgan fingerprint density at radius 1 is 1.25 bits per heavy atom. The average Bonchev–Trinajstić information content (AvgIpc) is 2.37. The Morgan fingerprint density at radius 2 is 1.90 bits per heavy atom. The van der Waals surface area contributed by atoms with Gasteiger partial charge >= 0.3 is 0 Å². The van der Waals surface area contributed by atoms with Crippen molar-refractivity contribution in [2.24, 2.45) is 0 Å². The molecule has 112 valence electrons. The van der Waals surface area contributed by atoms with Gasteiger partial charge in [0.2, 0.25) is 10.0 Å². The first-order chi connectivity index (χ1) is 9.27. The summed E-state index contributed by atoms with van der Waals surface area (Å²) in [5.41, 5.74) is 0. The molecule has 0 saturated carbocycles. The number of rotatable bonds is 8. The van der Waals surface area contributed by atoms with E-state index in [1.54, 1.807) is 6.08 Å². The monoisotopic (exact) mass is 355 g/mol. The Balaban J connectivity index is 2.80. The molecule has 0 spiro atoms. The van der Waals surface area contributed by atoms with Crippen molar-refractivity contribution in [3.8, 4) is 0 Å². The van der Waals surface area contributed by atoms with E-state index < -0.39 is 19.1 Å². The van der Waals surface area contributed by atoms with E-state index in [9.17, 15) is 16.8 Å². The summed E-state index contributed by atoms with van der Waals surface area (Å²) in [7, 11) is -2.51. The molecule has 0 bridgehead atoms. The molecule has 1 aromatic rings. The van der Waals surface area contributed by atoms with E-state index in [2.05, 4.69) is 11.3 Å². The molecule has 0 aromatic heterocycles. The quantitative estimate of drug-likeness (QED) is 0.437. The number of hydrogen-bond donors (Lipinski definition) is 1. The Bertz CT molecular complexity index is 671. The van der Waals surface area contributed by atoms with Crippen LogP contribution in [0, 0.1) is 0 Å². The van der Waals surface area contributed by atoms with Crippen molar-refractivity contribution < 1.29 is 16.8 Å². The van der Waals surface area contributed by atoms with Gasteiger partial charge in [0, 0.05) is 28.7 Å². The lowest BCUT2D eigenvalue weighted by Crippen LogP contribution is -2.26. The maximum atomic E-state index is 12.0. The zero-order chi connectivity index (χ0) is 15.2. The Morgan fingerprint density at radius 3 is 2.50 bits per heavy atom. The third-order valence-corrected chi connectivity index (χ3v) is 5.95. The molecule has 0 saturated heterocycles. The summed E-state index contributed by atoms with van der Waals surface area (Å²) in [5, 5.41) is 0. The molecular formula is C11H14ClNO4S3. The maximum Gasteiger partial charge on any atom is 0.261 e. The molecule has 1 aromatic carbocycles. The molecule has 0 aliphatic carbocycles. The lowest BCUT2D eigenvalue weighted by atomic mass is 10.4. The summed E-state index contributed by atoms with van der Waals surface area (Å²) in [4.78, 5) is -0.379. The average molecular weight is 356 g/mol. The lowest BCUT2D eigenvalue weighted by Gasteiger charge is -2.07. The van der Waals surface area contributed by atoms with Gasteiger partial charge in [0.05, 0.1) is 9.79 Å². The number of thioether (sulfide) groups is 1. The van der Waals surface area contributed by atoms with Crippen LogP contribution in [-0.4, -0.2) is 34.9 Å². The van der Waals surface area contributed by atoms with Crippen LogP contribution in [0.5, 0.6) is 0 Å². The van der Waals surface area contributed by atoms with Gasteiger partial charge in [-0.05, 0) is 18.2 Å². The Kier molecular flexibility index (Phi) is 6.53. The zero-order valence-corrected chi connectivity index (χ0v) is 13.7. The summed E-state index contributed by atoms with van der Waals surface area (Å²) in [6.07, 6.45) is 1.73. The molecule has 0 fully saturated rings. The van der Waals surface area contributed by atoms with Gasteiger partial charge in [0.1, 0.15) is 0 Å². The maximum absolute atomic E-state index is 12.0. The van der Waals surface area contributed by atoms with Crippen molar-refractivity contribution in [1.29, 1.82) is 0 Å². The van der Waals surface area contributed by atoms with Crippen molar-refractivity contribution in [2.45, 2.75) is 9.79 Å². The molecule has 1 rings (SSSR count). The van der Waals surface area contributed by atoms with Crippen LogP contribution in [-0.2, 0) is 19.1 Å². The number of halogens is 1. The van der Waals surface area contributed by atoms with Gasteiger partial charge < -0.3 is 0 Å². The minimum Gasteiger partial charge on any atom is -0.210 e. The molecule has 1 N–H and O–H groups in total. The van der Waals surface area contributed by atoms with Crippen molar-refractivity contribution in [2.75, 3.05) is 18.1 Å². The van der Waals surface area contributed by atoms with Crippen molar-refractivity contribution in [1.82, 2.24) is 4.72 Å². The number of sulfonamides is 1. The molecule has 0 heterocycles. The summed E-state index contributed by atoms with van der Waals surface area (Å²) in [5.74, 6) is 1.33. The predicted octanol–water partition coefficient (Wildman–Crippen LogP) is 1.81. The Hall–Kier alpha value is -0.540. The van der Waals surface area contributed by atoms with Crippen molar-refractivity contribution >= 4 is 41.5 Å². The lowest BCUT2D eigenvalue weighted by molar-refractivity contribution is 0.584. The van der Waals surface area contributed by atoms with E-state index >= 15 is 0 Å². The first kappa shape index (κ1) is 17.5. The summed E-state index contributed by atoms with van der Waals surface area (Å²) < 4.78 is 48.7. The molecule has 0 unspecified atom stereocenters. The van der Waals surface area contributed by atoms with E-state index in [4.69, 9.17) is 10.7 Å². The number of hydrogen-bond acceptors (Lipinski definition) is 5. The summed E-state index contributed by atoms with van der Waals surface area (Å²) >= 11 is 1.53. The highest BCUT2D eigenvalue weighted by atomic mass is 35.7. The van der Waals surface area contributed by atoms with Crippen LogP contribution < -0.4 is 4.72 Å². The minimum absolute atomic E-state index is 0.132. The molecule has 5 nitrogen and oxygen atoms in total. The Labute approximate surface area is 127 Å².